The highest BCUT2D eigenvalue weighted by Gasteiger charge is 2.25. The molecular weight excluding hydrogens is 446 g/mol. The van der Waals surface area contributed by atoms with Crippen molar-refractivity contribution in [3.8, 4) is 11.4 Å². The van der Waals surface area contributed by atoms with Crippen molar-refractivity contribution in [2.45, 2.75) is 62.3 Å². The van der Waals surface area contributed by atoms with E-state index in [0.29, 0.717) is 5.04 Å². The summed E-state index contributed by atoms with van der Waals surface area (Å²) >= 11 is 6.10. The number of rotatable bonds is 4. The zero-order valence-corrected chi connectivity index (χ0v) is 23.2. The van der Waals surface area contributed by atoms with Crippen LogP contribution in [-0.2, 0) is 12.6 Å². The predicted molar refractivity (Wildman–Crippen MR) is 150 cm³/mol. The predicted octanol–water partition coefficient (Wildman–Crippen LogP) is 7.15. The van der Waals surface area contributed by atoms with Crippen LogP contribution in [-0.4, -0.2) is 9.61 Å². The molecule has 4 aromatic rings. The molecule has 0 saturated carbocycles. The molecule has 0 bridgehead atoms. The molecule has 0 saturated heterocycles. The molecular formula is C31H35N3S. The fourth-order valence-corrected chi connectivity index (χ4v) is 5.85. The van der Waals surface area contributed by atoms with E-state index >= 15 is 0 Å². The quantitative estimate of drug-likeness (QED) is 0.131. The maximum Gasteiger partial charge on any atom is 0.290 e. The van der Waals surface area contributed by atoms with Crippen LogP contribution in [0.1, 0.15) is 55.9 Å². The van der Waals surface area contributed by atoms with Crippen LogP contribution in [0.2, 0.25) is 0 Å². The van der Waals surface area contributed by atoms with E-state index in [9.17, 15) is 0 Å². The van der Waals surface area contributed by atoms with Crippen molar-refractivity contribution in [3.05, 3.63) is 105 Å². The number of hydrogen-bond donors (Lipinski definition) is 0. The Hall–Kier alpha value is -3.24. The van der Waals surface area contributed by atoms with Gasteiger partial charge < -0.3 is 12.6 Å². The van der Waals surface area contributed by atoms with Crippen LogP contribution in [0.25, 0.3) is 11.4 Å². The van der Waals surface area contributed by atoms with Crippen LogP contribution in [0, 0.1) is 62.3 Å². The molecule has 35 heavy (non-hydrogen) atoms. The second-order valence-corrected chi connectivity index (χ2v) is 10.4. The molecule has 4 rings (SSSR count). The lowest BCUT2D eigenvalue weighted by atomic mass is 10.0. The molecule has 3 aromatic carbocycles. The minimum absolute atomic E-state index is 0.573. The normalized spacial score (nSPS) is 11.9. The number of aryl methyl sites for hydroxylation is 9. The van der Waals surface area contributed by atoms with Crippen LogP contribution < -0.4 is 4.57 Å². The average molecular weight is 482 g/mol. The fraction of sp³-hybridized carbons (Fsp3) is 0.290. The summed E-state index contributed by atoms with van der Waals surface area (Å²) in [7, 11) is 0. The smallest absolute Gasteiger partial charge is 0.290 e. The topological polar surface area (TPSA) is 21.2 Å². The first-order valence-electron chi connectivity index (χ1n) is 12.1. The number of aromatic nitrogens is 2. The Balaban J connectivity index is 2.06. The number of nitrogens with zero attached hydrogens (tertiary/aromatic N) is 3. The highest BCUT2D eigenvalue weighted by Crippen LogP contribution is 2.28. The van der Waals surface area contributed by atoms with Gasteiger partial charge in [0.15, 0.2) is 0 Å². The Bertz CT molecular complexity index is 1340. The monoisotopic (exact) mass is 481 g/mol. The van der Waals surface area contributed by atoms with Crippen LogP contribution in [0.3, 0.4) is 0 Å². The minimum Gasteiger partial charge on any atom is -0.752 e. The Morgan fingerprint density at radius 1 is 0.657 bits per heavy atom. The number of aliphatic imine (C=N–C) groups is 1. The van der Waals surface area contributed by atoms with Gasteiger partial charge in [-0.15, -0.1) is 0 Å². The Labute approximate surface area is 215 Å². The standard InChI is InChI=1S/C31H35N3S/c1-18-12-21(4)27(22(5)13-18)32-30(35)31-33(28-23(6)14-19(2)15-24(28)7)10-11-34(31)29-25(8)16-20(3)17-26(29)9/h10-17H,1-9H3. The molecule has 0 unspecified atom stereocenters. The van der Waals surface area contributed by atoms with E-state index in [-0.39, 0.29) is 0 Å². The maximum absolute atomic E-state index is 6.10. The van der Waals surface area contributed by atoms with Crippen molar-refractivity contribution >= 4 is 23.4 Å². The molecule has 0 N–H and O–H groups in total. The van der Waals surface area contributed by atoms with E-state index in [1.807, 2.05) is 0 Å². The van der Waals surface area contributed by atoms with Crippen LogP contribution >= 0.6 is 0 Å². The average Bonchev–Trinajstić information content (AvgIpc) is 3.13. The maximum atomic E-state index is 6.10. The largest absolute Gasteiger partial charge is 0.752 e. The third-order valence-electron chi connectivity index (χ3n) is 6.61. The summed E-state index contributed by atoms with van der Waals surface area (Å²) in [4.78, 5) is 5.06. The molecule has 1 aromatic heterocycles. The highest BCUT2D eigenvalue weighted by atomic mass is 32.1. The highest BCUT2D eigenvalue weighted by molar-refractivity contribution is 7.78. The summed E-state index contributed by atoms with van der Waals surface area (Å²) in [5.74, 6) is 0.893. The second kappa shape index (κ2) is 9.43. The van der Waals surface area contributed by atoms with Gasteiger partial charge in [-0.1, -0.05) is 53.1 Å². The molecule has 0 aliphatic heterocycles. The van der Waals surface area contributed by atoms with Crippen molar-refractivity contribution in [2.24, 2.45) is 4.99 Å². The first-order valence-corrected chi connectivity index (χ1v) is 12.5. The Morgan fingerprint density at radius 3 is 1.57 bits per heavy atom. The molecule has 3 nitrogen and oxygen atoms in total. The van der Waals surface area contributed by atoms with Crippen LogP contribution in [0.15, 0.2) is 53.8 Å². The zero-order chi connectivity index (χ0) is 25.6. The molecule has 0 atom stereocenters. The van der Waals surface area contributed by atoms with E-state index in [1.165, 1.54) is 38.9 Å². The van der Waals surface area contributed by atoms with E-state index in [1.54, 1.807) is 0 Å². The first-order chi connectivity index (χ1) is 16.5. The summed E-state index contributed by atoms with van der Waals surface area (Å²) < 4.78 is 4.43. The number of benzene rings is 3. The van der Waals surface area contributed by atoms with Gasteiger partial charge in [0.2, 0.25) is 0 Å². The minimum atomic E-state index is 0.573. The summed E-state index contributed by atoms with van der Waals surface area (Å²) in [6, 6.07) is 13.3. The van der Waals surface area contributed by atoms with E-state index in [0.717, 1.165) is 34.0 Å². The van der Waals surface area contributed by atoms with Gasteiger partial charge in [-0.25, -0.2) is 0 Å². The molecule has 0 fully saturated rings. The van der Waals surface area contributed by atoms with Gasteiger partial charge in [0.1, 0.15) is 23.8 Å². The van der Waals surface area contributed by atoms with Crippen molar-refractivity contribution in [1.29, 1.82) is 0 Å². The SMILES string of the molecule is Cc1cc(C)c(N=C([S-])c2n(-c3c(C)cc(C)cc3C)cc[n+]2-c2c(C)cc(C)cc2C)c(C)c1. The van der Waals surface area contributed by atoms with Gasteiger partial charge in [0.05, 0.1) is 5.69 Å². The Kier molecular flexibility index (Phi) is 6.70. The van der Waals surface area contributed by atoms with E-state index in [2.05, 4.69) is 120 Å². The molecule has 0 amide bonds. The van der Waals surface area contributed by atoms with Gasteiger partial charge in [0.25, 0.3) is 5.82 Å². The summed E-state index contributed by atoms with van der Waals surface area (Å²) in [5.41, 5.74) is 14.2. The Morgan fingerprint density at radius 2 is 1.09 bits per heavy atom. The van der Waals surface area contributed by atoms with Gasteiger partial charge in [-0.2, -0.15) is 9.13 Å². The van der Waals surface area contributed by atoms with Crippen LogP contribution in [0.4, 0.5) is 5.69 Å². The molecule has 0 spiro atoms. The molecule has 4 heteroatoms. The van der Waals surface area contributed by atoms with Gasteiger partial charge in [-0.3, -0.25) is 4.99 Å². The lowest BCUT2D eigenvalue weighted by molar-refractivity contribution is -0.596. The van der Waals surface area contributed by atoms with Crippen LogP contribution in [0.5, 0.6) is 0 Å². The third-order valence-corrected chi connectivity index (χ3v) is 6.89. The molecule has 0 aliphatic carbocycles. The van der Waals surface area contributed by atoms with Crippen molar-refractivity contribution in [2.75, 3.05) is 0 Å². The summed E-state index contributed by atoms with van der Waals surface area (Å²) in [6.07, 6.45) is 4.24. The number of imidazole rings is 1. The van der Waals surface area contributed by atoms with Gasteiger partial charge in [-0.05, 0) is 95.7 Å². The summed E-state index contributed by atoms with van der Waals surface area (Å²) in [5, 5.41) is 0.573. The lowest BCUT2D eigenvalue weighted by Gasteiger charge is -2.17. The van der Waals surface area contributed by atoms with E-state index < -0.39 is 0 Å². The van der Waals surface area contributed by atoms with Gasteiger partial charge in [0, 0.05) is 5.04 Å². The second-order valence-electron chi connectivity index (χ2n) is 10.0. The zero-order valence-electron chi connectivity index (χ0n) is 22.4. The van der Waals surface area contributed by atoms with Crippen molar-refractivity contribution in [3.63, 3.8) is 0 Å². The molecule has 1 heterocycles. The first kappa shape index (κ1) is 24.9. The molecule has 0 radical (unpaired) electrons. The van der Waals surface area contributed by atoms with E-state index in [4.69, 9.17) is 17.6 Å². The van der Waals surface area contributed by atoms with Crippen molar-refractivity contribution < 1.29 is 4.57 Å². The summed E-state index contributed by atoms with van der Waals surface area (Å²) in [6.45, 7) is 19.3. The van der Waals surface area contributed by atoms with Gasteiger partial charge >= 0.3 is 0 Å². The molecule has 180 valence electrons. The fourth-order valence-electron chi connectivity index (χ4n) is 5.56. The van der Waals surface area contributed by atoms with Crippen molar-refractivity contribution in [1.82, 2.24) is 4.57 Å². The third kappa shape index (κ3) is 4.68. The molecule has 0 aliphatic rings. The number of hydrogen-bond acceptors (Lipinski definition) is 2. The lowest BCUT2D eigenvalue weighted by Crippen LogP contribution is -2.38.